The van der Waals surface area contributed by atoms with Gasteiger partial charge in [-0.2, -0.15) is 0 Å². The van der Waals surface area contributed by atoms with Crippen molar-refractivity contribution in [3.05, 3.63) is 71.8 Å². The molecule has 0 aromatic heterocycles. The van der Waals surface area contributed by atoms with Crippen molar-refractivity contribution in [1.29, 1.82) is 0 Å². The number of aliphatic hydroxyl groups is 1. The van der Waals surface area contributed by atoms with Crippen LogP contribution in [0.15, 0.2) is 60.7 Å². The first-order chi connectivity index (χ1) is 11.1. The van der Waals surface area contributed by atoms with Gasteiger partial charge in [0.2, 0.25) is 0 Å². The zero-order valence-electron chi connectivity index (χ0n) is 14.1. The summed E-state index contributed by atoms with van der Waals surface area (Å²) in [7, 11) is 0. The van der Waals surface area contributed by atoms with E-state index < -0.39 is 6.10 Å². The third-order valence-corrected chi connectivity index (χ3v) is 3.81. The van der Waals surface area contributed by atoms with Crippen LogP contribution in [-0.2, 0) is 4.74 Å². The van der Waals surface area contributed by atoms with Gasteiger partial charge in [-0.05, 0) is 18.1 Å². The fraction of sp³-hybridized carbons (Fsp3) is 0.400. The van der Waals surface area contributed by atoms with Gasteiger partial charge in [0, 0.05) is 12.1 Å². The van der Waals surface area contributed by atoms with Crippen LogP contribution in [0, 0.1) is 0 Å². The van der Waals surface area contributed by atoms with E-state index in [2.05, 4.69) is 43.4 Å². The maximum atomic E-state index is 10.3. The van der Waals surface area contributed by atoms with E-state index in [9.17, 15) is 5.11 Å². The third kappa shape index (κ3) is 5.47. The molecule has 2 aromatic rings. The van der Waals surface area contributed by atoms with Crippen LogP contribution in [0.3, 0.4) is 0 Å². The van der Waals surface area contributed by atoms with Crippen LogP contribution in [0.2, 0.25) is 0 Å². The average molecular weight is 313 g/mol. The largest absolute Gasteiger partial charge is 0.389 e. The topological polar surface area (TPSA) is 41.5 Å². The number of ether oxygens (including phenoxy) is 1. The van der Waals surface area contributed by atoms with Gasteiger partial charge >= 0.3 is 0 Å². The maximum absolute atomic E-state index is 10.3. The van der Waals surface area contributed by atoms with Crippen LogP contribution < -0.4 is 5.32 Å². The Balaban J connectivity index is 2.07. The van der Waals surface area contributed by atoms with E-state index >= 15 is 0 Å². The summed E-state index contributed by atoms with van der Waals surface area (Å²) in [5.74, 6) is 0. The predicted molar refractivity (Wildman–Crippen MR) is 94.4 cm³/mol. The molecule has 2 rings (SSSR count). The fourth-order valence-corrected chi connectivity index (χ4v) is 2.62. The van der Waals surface area contributed by atoms with Gasteiger partial charge in [0.1, 0.15) is 6.10 Å². The summed E-state index contributed by atoms with van der Waals surface area (Å²) in [6.45, 7) is 6.41. The predicted octanol–water partition coefficient (Wildman–Crippen LogP) is 3.54. The number of rotatable bonds is 8. The summed E-state index contributed by atoms with van der Waals surface area (Å²) in [4.78, 5) is 0. The molecule has 0 saturated carbocycles. The van der Waals surface area contributed by atoms with E-state index in [0.29, 0.717) is 6.04 Å². The second kappa shape index (κ2) is 8.82. The number of nitrogens with one attached hydrogen (secondary N) is 1. The van der Waals surface area contributed by atoms with Gasteiger partial charge in [0.15, 0.2) is 0 Å². The molecule has 0 aliphatic heterocycles. The van der Waals surface area contributed by atoms with Crippen molar-refractivity contribution in [2.45, 2.75) is 45.1 Å². The van der Waals surface area contributed by atoms with Crippen molar-refractivity contribution >= 4 is 0 Å². The molecule has 0 spiro atoms. The van der Waals surface area contributed by atoms with Gasteiger partial charge in [-0.1, -0.05) is 74.5 Å². The van der Waals surface area contributed by atoms with Crippen molar-refractivity contribution in [3.8, 4) is 0 Å². The smallest absolute Gasteiger partial charge is 0.108 e. The van der Waals surface area contributed by atoms with Gasteiger partial charge in [0.25, 0.3) is 0 Å². The standard InChI is InChI=1S/C20H27NO2/c1-15(2)21-16(3)19(22)14-23-20(17-10-6-4-7-11-17)18-12-8-5-9-13-18/h4-13,15-16,19-22H,14H2,1-3H3/t16-,19+/m1/s1. The van der Waals surface area contributed by atoms with Gasteiger partial charge in [0.05, 0.1) is 12.7 Å². The molecule has 2 atom stereocenters. The van der Waals surface area contributed by atoms with Gasteiger partial charge in [-0.3, -0.25) is 0 Å². The maximum Gasteiger partial charge on any atom is 0.108 e. The van der Waals surface area contributed by atoms with E-state index in [1.165, 1.54) is 0 Å². The average Bonchev–Trinajstić information content (AvgIpc) is 2.56. The molecule has 2 aromatic carbocycles. The van der Waals surface area contributed by atoms with Gasteiger partial charge < -0.3 is 15.2 Å². The van der Waals surface area contributed by atoms with Crippen LogP contribution in [0.25, 0.3) is 0 Å². The highest BCUT2D eigenvalue weighted by molar-refractivity contribution is 5.29. The van der Waals surface area contributed by atoms with Crippen LogP contribution in [-0.4, -0.2) is 29.9 Å². The van der Waals surface area contributed by atoms with Crippen LogP contribution >= 0.6 is 0 Å². The summed E-state index contributed by atoms with van der Waals surface area (Å²) in [5, 5.41) is 13.6. The number of hydrogen-bond donors (Lipinski definition) is 2. The van der Waals surface area contributed by atoms with Crippen LogP contribution in [0.5, 0.6) is 0 Å². The molecule has 0 amide bonds. The van der Waals surface area contributed by atoms with Crippen LogP contribution in [0.1, 0.15) is 38.0 Å². The first-order valence-electron chi connectivity index (χ1n) is 8.23. The fourth-order valence-electron chi connectivity index (χ4n) is 2.62. The van der Waals surface area contributed by atoms with E-state index in [0.717, 1.165) is 11.1 Å². The van der Waals surface area contributed by atoms with Gasteiger partial charge in [-0.15, -0.1) is 0 Å². The molecule has 0 saturated heterocycles. The zero-order valence-corrected chi connectivity index (χ0v) is 14.1. The Morgan fingerprint density at radius 2 is 1.35 bits per heavy atom. The van der Waals surface area contributed by atoms with E-state index in [1.54, 1.807) is 0 Å². The van der Waals surface area contributed by atoms with E-state index in [1.807, 2.05) is 43.3 Å². The van der Waals surface area contributed by atoms with Crippen molar-refractivity contribution in [2.75, 3.05) is 6.61 Å². The third-order valence-electron chi connectivity index (χ3n) is 3.81. The molecule has 0 radical (unpaired) electrons. The second-order valence-corrected chi connectivity index (χ2v) is 6.21. The van der Waals surface area contributed by atoms with Crippen molar-refractivity contribution in [1.82, 2.24) is 5.32 Å². The minimum Gasteiger partial charge on any atom is -0.389 e. The monoisotopic (exact) mass is 313 g/mol. The minimum absolute atomic E-state index is 0.0119. The lowest BCUT2D eigenvalue weighted by Gasteiger charge is -2.25. The SMILES string of the molecule is CC(C)N[C@H](C)[C@@H](O)COC(c1ccccc1)c1ccccc1. The summed E-state index contributed by atoms with van der Waals surface area (Å²) in [6.07, 6.45) is -0.717. The summed E-state index contributed by atoms with van der Waals surface area (Å²) < 4.78 is 6.09. The molecule has 0 heterocycles. The molecule has 0 aliphatic rings. The number of hydrogen-bond acceptors (Lipinski definition) is 3. The molecule has 0 unspecified atom stereocenters. The molecule has 3 nitrogen and oxygen atoms in total. The lowest BCUT2D eigenvalue weighted by molar-refractivity contribution is -0.00811. The number of benzene rings is 2. The molecule has 0 bridgehead atoms. The first kappa shape index (κ1) is 17.7. The highest BCUT2D eigenvalue weighted by Crippen LogP contribution is 2.26. The lowest BCUT2D eigenvalue weighted by atomic mass is 10.0. The second-order valence-electron chi connectivity index (χ2n) is 6.21. The summed E-state index contributed by atoms with van der Waals surface area (Å²) in [6, 6.07) is 20.6. The minimum atomic E-state index is -0.549. The molecule has 0 fully saturated rings. The summed E-state index contributed by atoms with van der Waals surface area (Å²) in [5.41, 5.74) is 2.19. The van der Waals surface area contributed by atoms with Gasteiger partial charge in [-0.25, -0.2) is 0 Å². The Hall–Kier alpha value is -1.68. The lowest BCUT2D eigenvalue weighted by Crippen LogP contribution is -2.43. The van der Waals surface area contributed by atoms with E-state index in [-0.39, 0.29) is 18.8 Å². The Kier molecular flexibility index (Phi) is 6.78. The summed E-state index contributed by atoms with van der Waals surface area (Å²) >= 11 is 0. The molecule has 0 aliphatic carbocycles. The normalized spacial score (nSPS) is 14.2. The number of aliphatic hydroxyl groups excluding tert-OH is 1. The van der Waals surface area contributed by atoms with Crippen LogP contribution in [0.4, 0.5) is 0 Å². The Bertz CT molecular complexity index is 517. The van der Waals surface area contributed by atoms with E-state index in [4.69, 9.17) is 4.74 Å². The highest BCUT2D eigenvalue weighted by Gasteiger charge is 2.20. The van der Waals surface area contributed by atoms with Crippen molar-refractivity contribution in [3.63, 3.8) is 0 Å². The first-order valence-corrected chi connectivity index (χ1v) is 8.23. The molecule has 23 heavy (non-hydrogen) atoms. The Morgan fingerprint density at radius 1 is 0.870 bits per heavy atom. The molecule has 3 heteroatoms. The van der Waals surface area contributed by atoms with Crippen molar-refractivity contribution < 1.29 is 9.84 Å². The Morgan fingerprint density at radius 3 is 1.78 bits per heavy atom. The zero-order chi connectivity index (χ0) is 16.7. The highest BCUT2D eigenvalue weighted by atomic mass is 16.5. The molecule has 2 N–H and O–H groups in total. The molecular weight excluding hydrogens is 286 g/mol. The Labute approximate surface area is 139 Å². The quantitative estimate of drug-likeness (QED) is 0.783. The molecular formula is C20H27NO2. The van der Waals surface area contributed by atoms with Crippen molar-refractivity contribution in [2.24, 2.45) is 0 Å². The molecule has 124 valence electrons.